The van der Waals surface area contributed by atoms with Gasteiger partial charge >= 0.3 is 5.97 Å². The minimum atomic E-state index is -0.438. The Morgan fingerprint density at radius 3 is 2.50 bits per heavy atom. The van der Waals surface area contributed by atoms with E-state index in [4.69, 9.17) is 4.74 Å². The molecule has 1 heterocycles. The van der Waals surface area contributed by atoms with Gasteiger partial charge in [-0.2, -0.15) is 0 Å². The number of ether oxygens (including phenoxy) is 2. The highest BCUT2D eigenvalue weighted by molar-refractivity contribution is 5.85. The summed E-state index contributed by atoms with van der Waals surface area (Å²) in [5, 5.41) is 3.05. The van der Waals surface area contributed by atoms with Crippen LogP contribution in [-0.2, 0) is 14.3 Å². The smallest absolute Gasteiger partial charge is 0.334 e. The van der Waals surface area contributed by atoms with E-state index in [0.29, 0.717) is 0 Å². The van der Waals surface area contributed by atoms with Crippen molar-refractivity contribution in [2.24, 2.45) is 0 Å². The second-order valence-electron chi connectivity index (χ2n) is 2.58. The first-order chi connectivity index (χ1) is 5.24. The van der Waals surface area contributed by atoms with Gasteiger partial charge in [0.25, 0.3) is 0 Å². The molecule has 0 aromatic carbocycles. The number of esters is 1. The molecular weight excluding hydrogens is 182 g/mol. The largest absolute Gasteiger partial charge is 0.467 e. The molecule has 0 bridgehead atoms. The summed E-state index contributed by atoms with van der Waals surface area (Å²) in [5.41, 5.74) is 0. The van der Waals surface area contributed by atoms with Crippen molar-refractivity contribution in [3.8, 4) is 0 Å². The predicted molar refractivity (Wildman–Crippen MR) is 46.5 cm³/mol. The maximum atomic E-state index is 10.8. The summed E-state index contributed by atoms with van der Waals surface area (Å²) in [6.45, 7) is 3.37. The quantitative estimate of drug-likeness (QED) is 0.642. The second-order valence-corrected chi connectivity index (χ2v) is 2.58. The lowest BCUT2D eigenvalue weighted by Crippen LogP contribution is -2.50. The lowest BCUT2D eigenvalue weighted by Gasteiger charge is -2.29. The maximum absolute atomic E-state index is 10.8. The molecule has 1 rings (SSSR count). The normalized spacial score (nSPS) is 18.8. The van der Waals surface area contributed by atoms with Crippen molar-refractivity contribution in [1.82, 2.24) is 5.32 Å². The van der Waals surface area contributed by atoms with Gasteiger partial charge in [0.1, 0.15) is 0 Å². The number of hydrogen-bond donors (Lipinski definition) is 1. The maximum Gasteiger partial charge on any atom is 0.334 e. The van der Waals surface area contributed by atoms with Crippen molar-refractivity contribution in [2.45, 2.75) is 19.1 Å². The van der Waals surface area contributed by atoms with Crippen LogP contribution in [-0.4, -0.2) is 38.4 Å². The van der Waals surface area contributed by atoms with Crippen LogP contribution >= 0.6 is 12.4 Å². The van der Waals surface area contributed by atoms with Gasteiger partial charge in [0.15, 0.2) is 6.10 Å². The molecule has 0 aromatic rings. The summed E-state index contributed by atoms with van der Waals surface area (Å²) in [6, 6.07) is 0. The molecule has 0 spiro atoms. The van der Waals surface area contributed by atoms with Crippen LogP contribution in [0, 0.1) is 0 Å². The van der Waals surface area contributed by atoms with E-state index in [-0.39, 0.29) is 24.5 Å². The Labute approximate surface area is 78.0 Å². The molecule has 12 heavy (non-hydrogen) atoms. The third-order valence-electron chi connectivity index (χ3n) is 1.67. The van der Waals surface area contributed by atoms with Crippen LogP contribution in [0.5, 0.6) is 0 Å². The van der Waals surface area contributed by atoms with Gasteiger partial charge in [-0.3, -0.25) is 0 Å². The highest BCUT2D eigenvalue weighted by atomic mass is 35.5. The zero-order valence-electron chi connectivity index (χ0n) is 7.20. The molecule has 0 aliphatic carbocycles. The van der Waals surface area contributed by atoms with Gasteiger partial charge in [-0.25, -0.2) is 4.79 Å². The van der Waals surface area contributed by atoms with Gasteiger partial charge in [0, 0.05) is 13.1 Å². The van der Waals surface area contributed by atoms with Gasteiger partial charge in [-0.15, -0.1) is 12.4 Å². The first kappa shape index (κ1) is 11.7. The number of carbonyl (C=O) groups is 1. The fraction of sp³-hybridized carbons (Fsp3) is 0.857. The van der Waals surface area contributed by atoms with E-state index < -0.39 is 6.10 Å². The lowest BCUT2D eigenvalue weighted by atomic mass is 10.2. The SMILES string of the molecule is COC(=O)C(C)OC1CNC1.Cl. The molecule has 1 N–H and O–H groups in total. The van der Waals surface area contributed by atoms with E-state index >= 15 is 0 Å². The third-order valence-corrected chi connectivity index (χ3v) is 1.67. The molecule has 0 radical (unpaired) electrons. The van der Waals surface area contributed by atoms with Gasteiger partial charge in [0.05, 0.1) is 13.2 Å². The molecule has 1 unspecified atom stereocenters. The summed E-state index contributed by atoms with van der Waals surface area (Å²) >= 11 is 0. The monoisotopic (exact) mass is 195 g/mol. The minimum Gasteiger partial charge on any atom is -0.467 e. The summed E-state index contributed by atoms with van der Waals surface area (Å²) in [4.78, 5) is 10.8. The third kappa shape index (κ3) is 2.97. The summed E-state index contributed by atoms with van der Waals surface area (Å²) in [6.07, 6.45) is -0.254. The number of nitrogens with one attached hydrogen (secondary N) is 1. The Bertz CT molecular complexity index is 150. The van der Waals surface area contributed by atoms with Gasteiger partial charge < -0.3 is 14.8 Å². The Hall–Kier alpha value is -0.320. The predicted octanol–water partition coefficient (Wildman–Crippen LogP) is -0.0419. The van der Waals surface area contributed by atoms with Crippen LogP contribution in [0.3, 0.4) is 0 Å². The molecule has 1 aliphatic heterocycles. The lowest BCUT2D eigenvalue weighted by molar-refractivity contribution is -0.158. The Balaban J connectivity index is 0.00000121. The molecule has 1 fully saturated rings. The average molecular weight is 196 g/mol. The standard InChI is InChI=1S/C7H13NO3.ClH/c1-5(7(9)10-2)11-6-3-8-4-6;/h5-6,8H,3-4H2,1-2H3;1H. The molecular formula is C7H14ClNO3. The van der Waals surface area contributed by atoms with E-state index in [0.717, 1.165) is 13.1 Å². The molecule has 1 atom stereocenters. The summed E-state index contributed by atoms with van der Waals surface area (Å²) < 4.78 is 9.80. The second kappa shape index (κ2) is 5.35. The first-order valence-electron chi connectivity index (χ1n) is 3.68. The Kier molecular flexibility index (Phi) is 5.20. The summed E-state index contributed by atoms with van der Waals surface area (Å²) in [7, 11) is 1.36. The van der Waals surface area contributed by atoms with E-state index in [1.165, 1.54) is 7.11 Å². The van der Waals surface area contributed by atoms with Crippen molar-refractivity contribution < 1.29 is 14.3 Å². The zero-order valence-corrected chi connectivity index (χ0v) is 8.02. The summed E-state index contributed by atoms with van der Waals surface area (Å²) in [5.74, 6) is -0.308. The fourth-order valence-electron chi connectivity index (χ4n) is 0.869. The number of carbonyl (C=O) groups excluding carboxylic acids is 1. The van der Waals surface area contributed by atoms with Gasteiger partial charge in [0.2, 0.25) is 0 Å². The van der Waals surface area contributed by atoms with Crippen molar-refractivity contribution >= 4 is 18.4 Å². The molecule has 72 valence electrons. The topological polar surface area (TPSA) is 47.6 Å². The number of rotatable bonds is 3. The van der Waals surface area contributed by atoms with Crippen LogP contribution in [0.2, 0.25) is 0 Å². The van der Waals surface area contributed by atoms with Crippen molar-refractivity contribution in [2.75, 3.05) is 20.2 Å². The fourth-order valence-corrected chi connectivity index (χ4v) is 0.869. The first-order valence-corrected chi connectivity index (χ1v) is 3.68. The van der Waals surface area contributed by atoms with E-state index in [2.05, 4.69) is 10.1 Å². The van der Waals surface area contributed by atoms with E-state index in [1.807, 2.05) is 0 Å². The van der Waals surface area contributed by atoms with Crippen molar-refractivity contribution in [3.05, 3.63) is 0 Å². The number of methoxy groups -OCH3 is 1. The highest BCUT2D eigenvalue weighted by Gasteiger charge is 2.23. The average Bonchev–Trinajstić information content (AvgIpc) is 1.94. The van der Waals surface area contributed by atoms with Gasteiger partial charge in [-0.05, 0) is 6.92 Å². The van der Waals surface area contributed by atoms with Crippen molar-refractivity contribution in [3.63, 3.8) is 0 Å². The molecule has 1 aliphatic rings. The molecule has 0 aromatic heterocycles. The van der Waals surface area contributed by atoms with E-state index in [1.54, 1.807) is 6.92 Å². The minimum absolute atomic E-state index is 0. The highest BCUT2D eigenvalue weighted by Crippen LogP contribution is 2.03. The van der Waals surface area contributed by atoms with Crippen LogP contribution in [0.25, 0.3) is 0 Å². The van der Waals surface area contributed by atoms with E-state index in [9.17, 15) is 4.79 Å². The van der Waals surface area contributed by atoms with Crippen LogP contribution in [0.1, 0.15) is 6.92 Å². The molecule has 1 saturated heterocycles. The Morgan fingerprint density at radius 2 is 2.17 bits per heavy atom. The van der Waals surface area contributed by atoms with Crippen LogP contribution in [0.4, 0.5) is 0 Å². The van der Waals surface area contributed by atoms with Crippen LogP contribution in [0.15, 0.2) is 0 Å². The van der Waals surface area contributed by atoms with Crippen LogP contribution < -0.4 is 5.32 Å². The molecule has 5 heteroatoms. The Morgan fingerprint density at radius 1 is 1.58 bits per heavy atom. The molecule has 4 nitrogen and oxygen atoms in total. The molecule has 0 saturated carbocycles. The zero-order chi connectivity index (χ0) is 8.27. The number of halogens is 1. The van der Waals surface area contributed by atoms with Crippen molar-refractivity contribution in [1.29, 1.82) is 0 Å². The van der Waals surface area contributed by atoms with Gasteiger partial charge in [-0.1, -0.05) is 0 Å². The molecule has 0 amide bonds. The number of hydrogen-bond acceptors (Lipinski definition) is 4.